The summed E-state index contributed by atoms with van der Waals surface area (Å²) >= 11 is 0. The fourth-order valence-electron chi connectivity index (χ4n) is 2.98. The van der Waals surface area contributed by atoms with E-state index in [0.29, 0.717) is 22.1 Å². The van der Waals surface area contributed by atoms with Gasteiger partial charge in [0.1, 0.15) is 16.9 Å². The number of carboxylic acid groups (broad SMARTS) is 1. The Balaban J connectivity index is 2.54. The lowest BCUT2D eigenvalue weighted by atomic mass is 9.98. The second-order valence-electron chi connectivity index (χ2n) is 5.60. The zero-order chi connectivity index (χ0) is 16.2. The number of benzene rings is 1. The van der Waals surface area contributed by atoms with Crippen LogP contribution in [0.2, 0.25) is 0 Å². The summed E-state index contributed by atoms with van der Waals surface area (Å²) in [6.45, 7) is 7.47. The number of rotatable bonds is 2. The van der Waals surface area contributed by atoms with Gasteiger partial charge in [-0.25, -0.2) is 4.79 Å². The molecule has 0 atom stereocenters. The zero-order valence-corrected chi connectivity index (χ0v) is 12.8. The average molecular weight is 299 g/mol. The molecule has 0 spiro atoms. The first-order valence-corrected chi connectivity index (χ1v) is 6.96. The summed E-state index contributed by atoms with van der Waals surface area (Å²) in [5.74, 6) is -0.525. The van der Waals surface area contributed by atoms with E-state index in [-0.39, 0.29) is 5.56 Å². The number of carbonyl (C=O) groups is 1. The highest BCUT2D eigenvalue weighted by molar-refractivity contribution is 6.07. The third-order valence-electron chi connectivity index (χ3n) is 4.20. The number of hydrogen-bond acceptors (Lipinski definition) is 5. The third-order valence-corrected chi connectivity index (χ3v) is 4.20. The van der Waals surface area contributed by atoms with Crippen LogP contribution in [0, 0.1) is 27.7 Å². The van der Waals surface area contributed by atoms with Gasteiger partial charge in [0.2, 0.25) is 0 Å². The fraction of sp³-hybridized carbons (Fsp3) is 0.294. The lowest BCUT2D eigenvalue weighted by Gasteiger charge is -2.09. The van der Waals surface area contributed by atoms with Crippen LogP contribution in [0.5, 0.6) is 0 Å². The van der Waals surface area contributed by atoms with Crippen LogP contribution in [-0.4, -0.2) is 5.97 Å². The number of hydrogen-bond donors (Lipinski definition) is 0. The van der Waals surface area contributed by atoms with E-state index in [1.165, 1.54) is 0 Å². The van der Waals surface area contributed by atoms with Gasteiger partial charge >= 0.3 is 5.63 Å². The van der Waals surface area contributed by atoms with E-state index in [4.69, 9.17) is 8.83 Å². The molecule has 5 nitrogen and oxygen atoms in total. The molecule has 3 rings (SSSR count). The van der Waals surface area contributed by atoms with Crippen LogP contribution in [0.25, 0.3) is 21.9 Å². The number of carbonyl (C=O) groups excluding carboxylic acids is 1. The first kappa shape index (κ1) is 14.4. The summed E-state index contributed by atoms with van der Waals surface area (Å²) in [7, 11) is 0. The highest BCUT2D eigenvalue weighted by Gasteiger charge is 2.19. The van der Waals surface area contributed by atoms with Crippen molar-refractivity contribution in [3.63, 3.8) is 0 Å². The molecule has 0 N–H and O–H groups in total. The molecule has 0 bridgehead atoms. The summed E-state index contributed by atoms with van der Waals surface area (Å²) < 4.78 is 11.2. The Morgan fingerprint density at radius 1 is 1.09 bits per heavy atom. The van der Waals surface area contributed by atoms with Gasteiger partial charge in [-0.2, -0.15) is 0 Å². The molecule has 0 aliphatic rings. The molecule has 5 heteroatoms. The summed E-state index contributed by atoms with van der Waals surface area (Å²) in [5, 5.41) is 12.5. The van der Waals surface area contributed by atoms with Crippen molar-refractivity contribution < 1.29 is 18.7 Å². The van der Waals surface area contributed by atoms with Gasteiger partial charge < -0.3 is 18.7 Å². The molecular weight excluding hydrogens is 284 g/mol. The van der Waals surface area contributed by atoms with E-state index >= 15 is 0 Å². The normalized spacial score (nSPS) is 11.5. The maximum absolute atomic E-state index is 12.0. The Labute approximate surface area is 126 Å². The van der Waals surface area contributed by atoms with Crippen molar-refractivity contribution in [1.29, 1.82) is 0 Å². The van der Waals surface area contributed by atoms with Crippen molar-refractivity contribution in [3.05, 3.63) is 44.5 Å². The molecule has 0 fully saturated rings. The average Bonchev–Trinajstić information content (AvgIpc) is 2.70. The zero-order valence-electron chi connectivity index (χ0n) is 12.8. The van der Waals surface area contributed by atoms with Crippen molar-refractivity contribution in [2.24, 2.45) is 0 Å². The van der Waals surface area contributed by atoms with E-state index in [2.05, 4.69) is 0 Å². The van der Waals surface area contributed by atoms with Gasteiger partial charge in [0.15, 0.2) is 0 Å². The third kappa shape index (κ3) is 1.93. The van der Waals surface area contributed by atoms with Crippen LogP contribution < -0.4 is 10.7 Å². The fourth-order valence-corrected chi connectivity index (χ4v) is 2.98. The van der Waals surface area contributed by atoms with Gasteiger partial charge in [-0.1, -0.05) is 0 Å². The molecule has 0 amide bonds. The van der Waals surface area contributed by atoms with Gasteiger partial charge in [-0.05, 0) is 50.5 Å². The molecule has 0 unspecified atom stereocenters. The molecule has 0 aliphatic heterocycles. The molecule has 0 radical (unpaired) electrons. The van der Waals surface area contributed by atoms with E-state index in [0.717, 1.165) is 22.3 Å². The molecule has 2 heterocycles. The summed E-state index contributed by atoms with van der Waals surface area (Å²) in [5.41, 5.74) is 3.04. The highest BCUT2D eigenvalue weighted by atomic mass is 16.4. The number of aliphatic carboxylic acids is 1. The maximum atomic E-state index is 12.0. The summed E-state index contributed by atoms with van der Waals surface area (Å²) in [6, 6.07) is 1.79. The quantitative estimate of drug-likeness (QED) is 0.676. The van der Waals surface area contributed by atoms with E-state index < -0.39 is 18.0 Å². The predicted octanol–water partition coefficient (Wildman–Crippen LogP) is 2.07. The molecule has 0 saturated carbocycles. The topological polar surface area (TPSA) is 83.5 Å². The Kier molecular flexibility index (Phi) is 3.09. The van der Waals surface area contributed by atoms with Crippen molar-refractivity contribution in [1.82, 2.24) is 0 Å². The largest absolute Gasteiger partial charge is 0.550 e. The second kappa shape index (κ2) is 4.73. The van der Waals surface area contributed by atoms with Crippen molar-refractivity contribution in [2.75, 3.05) is 0 Å². The molecule has 2 aromatic heterocycles. The van der Waals surface area contributed by atoms with Crippen LogP contribution in [-0.2, 0) is 11.2 Å². The van der Waals surface area contributed by atoms with Crippen molar-refractivity contribution >= 4 is 27.9 Å². The minimum Gasteiger partial charge on any atom is -0.550 e. The van der Waals surface area contributed by atoms with Gasteiger partial charge in [0, 0.05) is 23.3 Å². The van der Waals surface area contributed by atoms with Crippen LogP contribution in [0.3, 0.4) is 0 Å². The molecule has 0 saturated heterocycles. The molecule has 3 aromatic rings. The number of aryl methyl sites for hydroxylation is 4. The maximum Gasteiger partial charge on any atom is 0.340 e. The minimum atomic E-state index is -1.31. The van der Waals surface area contributed by atoms with Crippen molar-refractivity contribution in [3.8, 4) is 0 Å². The Morgan fingerprint density at radius 3 is 2.41 bits per heavy atom. The number of fused-ring (bicyclic) bond motifs is 3. The van der Waals surface area contributed by atoms with Crippen LogP contribution in [0.1, 0.15) is 28.0 Å². The smallest absolute Gasteiger partial charge is 0.340 e. The monoisotopic (exact) mass is 299 g/mol. The summed E-state index contributed by atoms with van der Waals surface area (Å²) in [6.07, 6.45) is -0.474. The predicted molar refractivity (Wildman–Crippen MR) is 79.9 cm³/mol. The van der Waals surface area contributed by atoms with Crippen LogP contribution in [0.4, 0.5) is 0 Å². The van der Waals surface area contributed by atoms with Gasteiger partial charge in [0.25, 0.3) is 0 Å². The Hall–Kier alpha value is -2.56. The lowest BCUT2D eigenvalue weighted by molar-refractivity contribution is -0.304. The molecular formula is C17H15O5-. The SMILES string of the molecule is Cc1oc2c(c(C)cc3oc(=O)c(CC(=O)[O-])c(C)c32)c1C. The number of carboxylic acids is 1. The minimum absolute atomic E-state index is 0.101. The summed E-state index contributed by atoms with van der Waals surface area (Å²) in [4.78, 5) is 22.9. The standard InChI is InChI=1S/C17H16O5/c1-7-5-12-15(16-14(7)8(2)10(4)21-16)9(3)11(6-13(18)19)17(20)22-12/h5H,6H2,1-4H3,(H,18,19)/p-1. The first-order chi connectivity index (χ1) is 10.3. The van der Waals surface area contributed by atoms with Crippen LogP contribution in [0.15, 0.2) is 19.7 Å². The van der Waals surface area contributed by atoms with Crippen LogP contribution >= 0.6 is 0 Å². The van der Waals surface area contributed by atoms with E-state index in [1.807, 2.05) is 20.8 Å². The van der Waals surface area contributed by atoms with E-state index in [9.17, 15) is 14.7 Å². The second-order valence-corrected chi connectivity index (χ2v) is 5.60. The van der Waals surface area contributed by atoms with Gasteiger partial charge in [-0.3, -0.25) is 0 Å². The molecule has 114 valence electrons. The Bertz CT molecular complexity index is 988. The first-order valence-electron chi connectivity index (χ1n) is 6.96. The molecule has 1 aromatic carbocycles. The highest BCUT2D eigenvalue weighted by Crippen LogP contribution is 2.35. The van der Waals surface area contributed by atoms with Crippen molar-refractivity contribution in [2.45, 2.75) is 34.1 Å². The van der Waals surface area contributed by atoms with Gasteiger partial charge in [0.05, 0.1) is 5.39 Å². The Morgan fingerprint density at radius 2 is 1.77 bits per heavy atom. The van der Waals surface area contributed by atoms with E-state index in [1.54, 1.807) is 13.0 Å². The molecule has 22 heavy (non-hydrogen) atoms. The lowest BCUT2D eigenvalue weighted by Crippen LogP contribution is -2.27. The molecule has 0 aliphatic carbocycles. The number of furan rings is 1. The van der Waals surface area contributed by atoms with Gasteiger partial charge in [-0.15, -0.1) is 0 Å².